The second-order valence-corrected chi connectivity index (χ2v) is 7.80. The van der Waals surface area contributed by atoms with Gasteiger partial charge >= 0.3 is 0 Å². The maximum Gasteiger partial charge on any atom is 0.246 e. The van der Waals surface area contributed by atoms with E-state index >= 15 is 0 Å². The van der Waals surface area contributed by atoms with E-state index in [1.54, 1.807) is 11.3 Å². The molecule has 1 aromatic carbocycles. The Balaban J connectivity index is 1.44. The minimum absolute atomic E-state index is 0.541. The molecule has 0 fully saturated rings. The van der Waals surface area contributed by atoms with Crippen LogP contribution >= 0.6 is 11.3 Å². The third kappa shape index (κ3) is 3.60. The Morgan fingerprint density at radius 2 is 2.16 bits per heavy atom. The molecule has 3 aromatic rings. The fraction of sp³-hybridized carbons (Fsp3) is 0.368. The van der Waals surface area contributed by atoms with Crippen molar-refractivity contribution in [3.63, 3.8) is 0 Å². The summed E-state index contributed by atoms with van der Waals surface area (Å²) in [6.07, 6.45) is 0. The summed E-state index contributed by atoms with van der Waals surface area (Å²) >= 11 is 1.61. The minimum atomic E-state index is 0.541. The first-order chi connectivity index (χ1) is 12.2. The van der Waals surface area contributed by atoms with Crippen molar-refractivity contribution < 1.29 is 4.52 Å². The summed E-state index contributed by atoms with van der Waals surface area (Å²) in [5.41, 5.74) is 3.97. The van der Waals surface area contributed by atoms with Crippen LogP contribution in [0.4, 0.5) is 5.69 Å². The van der Waals surface area contributed by atoms with Crippen LogP contribution in [0.5, 0.6) is 0 Å². The van der Waals surface area contributed by atoms with Gasteiger partial charge in [0.15, 0.2) is 0 Å². The summed E-state index contributed by atoms with van der Waals surface area (Å²) in [4.78, 5) is 8.01. The molecule has 0 unspecified atom stereocenters. The number of benzene rings is 1. The molecule has 0 spiro atoms. The SMILES string of the molecule is CC(C)CN1Cc2cccc(NCc3nc(-c4cccs4)no3)c2C1. The zero-order valence-corrected chi connectivity index (χ0v) is 15.3. The smallest absolute Gasteiger partial charge is 0.246 e. The maximum absolute atomic E-state index is 5.38. The van der Waals surface area contributed by atoms with Gasteiger partial charge in [0.2, 0.25) is 11.7 Å². The van der Waals surface area contributed by atoms with E-state index in [9.17, 15) is 0 Å². The number of aromatic nitrogens is 2. The molecular formula is C19H22N4OS. The molecule has 2 aromatic heterocycles. The molecule has 1 aliphatic rings. The van der Waals surface area contributed by atoms with E-state index in [4.69, 9.17) is 4.52 Å². The topological polar surface area (TPSA) is 54.2 Å². The van der Waals surface area contributed by atoms with Crippen molar-refractivity contribution in [1.82, 2.24) is 15.0 Å². The number of nitrogens with zero attached hydrogens (tertiary/aromatic N) is 3. The van der Waals surface area contributed by atoms with Crippen molar-refractivity contribution in [2.75, 3.05) is 11.9 Å². The quantitative estimate of drug-likeness (QED) is 0.712. The number of hydrogen-bond donors (Lipinski definition) is 1. The van der Waals surface area contributed by atoms with E-state index in [1.165, 1.54) is 16.8 Å². The number of rotatable bonds is 6. The van der Waals surface area contributed by atoms with Crippen LogP contribution in [0.25, 0.3) is 10.7 Å². The number of anilines is 1. The fourth-order valence-electron chi connectivity index (χ4n) is 3.30. The van der Waals surface area contributed by atoms with E-state index in [2.05, 4.69) is 52.4 Å². The summed E-state index contributed by atoms with van der Waals surface area (Å²) in [5.74, 6) is 1.95. The molecule has 0 aliphatic carbocycles. The number of fused-ring (bicyclic) bond motifs is 1. The Morgan fingerprint density at radius 3 is 2.96 bits per heavy atom. The largest absolute Gasteiger partial charge is 0.376 e. The van der Waals surface area contributed by atoms with Gasteiger partial charge in [0.25, 0.3) is 0 Å². The lowest BCUT2D eigenvalue weighted by Crippen LogP contribution is -2.21. The second-order valence-electron chi connectivity index (χ2n) is 6.85. The number of hydrogen-bond acceptors (Lipinski definition) is 6. The van der Waals surface area contributed by atoms with Crippen LogP contribution in [0.1, 0.15) is 30.9 Å². The molecule has 0 amide bonds. The zero-order chi connectivity index (χ0) is 17.2. The lowest BCUT2D eigenvalue weighted by Gasteiger charge is -2.17. The Hall–Kier alpha value is -2.18. The van der Waals surface area contributed by atoms with Crippen molar-refractivity contribution in [3.8, 4) is 10.7 Å². The highest BCUT2D eigenvalue weighted by molar-refractivity contribution is 7.13. The molecule has 0 radical (unpaired) electrons. The van der Waals surface area contributed by atoms with Crippen molar-refractivity contribution in [1.29, 1.82) is 0 Å². The maximum atomic E-state index is 5.38. The predicted molar refractivity (Wildman–Crippen MR) is 100 cm³/mol. The Labute approximate surface area is 151 Å². The van der Waals surface area contributed by atoms with Crippen molar-refractivity contribution in [2.24, 2.45) is 5.92 Å². The lowest BCUT2D eigenvalue weighted by atomic mass is 10.1. The number of nitrogens with one attached hydrogen (secondary N) is 1. The van der Waals surface area contributed by atoms with Crippen LogP contribution in [-0.2, 0) is 19.6 Å². The van der Waals surface area contributed by atoms with Gasteiger partial charge in [-0.15, -0.1) is 11.3 Å². The first-order valence-electron chi connectivity index (χ1n) is 8.62. The van der Waals surface area contributed by atoms with Crippen LogP contribution in [0.2, 0.25) is 0 Å². The minimum Gasteiger partial charge on any atom is -0.376 e. The summed E-state index contributed by atoms with van der Waals surface area (Å²) in [5, 5.41) is 9.55. The Morgan fingerprint density at radius 1 is 1.24 bits per heavy atom. The van der Waals surface area contributed by atoms with Gasteiger partial charge < -0.3 is 9.84 Å². The highest BCUT2D eigenvalue weighted by Gasteiger charge is 2.22. The van der Waals surface area contributed by atoms with Crippen LogP contribution in [0.3, 0.4) is 0 Å². The van der Waals surface area contributed by atoms with Crippen molar-refractivity contribution >= 4 is 17.0 Å². The first kappa shape index (κ1) is 16.3. The molecule has 1 aliphatic heterocycles. The molecule has 4 rings (SSSR count). The van der Waals surface area contributed by atoms with E-state index in [0.29, 0.717) is 24.2 Å². The standard InChI is InChI=1S/C19H22N4OS/c1-13(2)10-23-11-14-5-3-6-16(15(14)12-23)20-9-18-21-19(22-24-18)17-7-4-8-25-17/h3-8,13,20H,9-12H2,1-2H3. The molecule has 0 saturated heterocycles. The van der Waals surface area contributed by atoms with Crippen LogP contribution < -0.4 is 5.32 Å². The molecule has 5 nitrogen and oxygen atoms in total. The van der Waals surface area contributed by atoms with Gasteiger partial charge in [-0.1, -0.05) is 37.2 Å². The average molecular weight is 354 g/mol. The monoisotopic (exact) mass is 354 g/mol. The molecule has 0 atom stereocenters. The summed E-state index contributed by atoms with van der Waals surface area (Å²) < 4.78 is 5.38. The van der Waals surface area contributed by atoms with E-state index in [1.807, 2.05) is 17.5 Å². The van der Waals surface area contributed by atoms with Gasteiger partial charge in [-0.25, -0.2) is 0 Å². The van der Waals surface area contributed by atoms with E-state index in [-0.39, 0.29) is 0 Å². The van der Waals surface area contributed by atoms with Crippen molar-refractivity contribution in [2.45, 2.75) is 33.5 Å². The fourth-order valence-corrected chi connectivity index (χ4v) is 3.95. The van der Waals surface area contributed by atoms with Gasteiger partial charge in [-0.05, 0) is 34.6 Å². The average Bonchev–Trinajstić information content (AvgIpc) is 3.31. The summed E-state index contributed by atoms with van der Waals surface area (Å²) in [6, 6.07) is 10.5. The Bertz CT molecular complexity index is 841. The third-order valence-corrected chi connectivity index (χ3v) is 5.18. The van der Waals surface area contributed by atoms with Gasteiger partial charge in [0.05, 0.1) is 11.4 Å². The van der Waals surface area contributed by atoms with Crippen molar-refractivity contribution in [3.05, 3.63) is 52.7 Å². The van der Waals surface area contributed by atoms with Crippen LogP contribution in [-0.4, -0.2) is 21.6 Å². The third-order valence-electron chi connectivity index (χ3n) is 4.31. The predicted octanol–water partition coefficient (Wildman–Crippen LogP) is 4.38. The molecule has 6 heteroatoms. The van der Waals surface area contributed by atoms with Gasteiger partial charge in [0.1, 0.15) is 0 Å². The van der Waals surface area contributed by atoms with Crippen LogP contribution in [0.15, 0.2) is 40.2 Å². The normalized spacial score (nSPS) is 14.2. The van der Waals surface area contributed by atoms with Gasteiger partial charge in [-0.2, -0.15) is 4.98 Å². The Kier molecular flexibility index (Phi) is 4.55. The molecule has 130 valence electrons. The highest BCUT2D eigenvalue weighted by atomic mass is 32.1. The van der Waals surface area contributed by atoms with Gasteiger partial charge in [0, 0.05) is 25.3 Å². The first-order valence-corrected chi connectivity index (χ1v) is 9.50. The molecule has 1 N–H and O–H groups in total. The zero-order valence-electron chi connectivity index (χ0n) is 14.5. The number of thiophene rings is 1. The molecular weight excluding hydrogens is 332 g/mol. The van der Waals surface area contributed by atoms with E-state index in [0.717, 1.165) is 24.5 Å². The highest BCUT2D eigenvalue weighted by Crippen LogP contribution is 2.30. The molecule has 0 bridgehead atoms. The lowest BCUT2D eigenvalue weighted by molar-refractivity contribution is 0.251. The summed E-state index contributed by atoms with van der Waals surface area (Å²) in [7, 11) is 0. The van der Waals surface area contributed by atoms with E-state index < -0.39 is 0 Å². The summed E-state index contributed by atoms with van der Waals surface area (Å²) in [6.45, 7) is 8.24. The molecule has 0 saturated carbocycles. The second kappa shape index (κ2) is 6.98. The van der Waals surface area contributed by atoms with Gasteiger partial charge in [-0.3, -0.25) is 4.90 Å². The van der Waals surface area contributed by atoms with Crippen LogP contribution in [0, 0.1) is 5.92 Å². The molecule has 3 heterocycles. The molecule has 25 heavy (non-hydrogen) atoms.